The van der Waals surface area contributed by atoms with E-state index in [0.717, 1.165) is 12.8 Å². The molecule has 3 N–H and O–H groups in total. The highest BCUT2D eigenvalue weighted by Gasteiger charge is 2.49. The lowest BCUT2D eigenvalue weighted by atomic mass is 10.1. The Morgan fingerprint density at radius 3 is 2.44 bits per heavy atom. The molecule has 5 nitrogen and oxygen atoms in total. The van der Waals surface area contributed by atoms with Crippen LogP contribution in [-0.2, 0) is 14.3 Å². The summed E-state index contributed by atoms with van der Waals surface area (Å²) in [6.07, 6.45) is 4.40. The third-order valence-electron chi connectivity index (χ3n) is 2.61. The maximum Gasteiger partial charge on any atom is 0.252 e. The van der Waals surface area contributed by atoms with Crippen LogP contribution in [0.3, 0.4) is 0 Å². The van der Waals surface area contributed by atoms with E-state index < -0.39 is 18.1 Å². The molecule has 0 saturated carbocycles. The molecular formula is C11H20N2O3. The van der Waals surface area contributed by atoms with Gasteiger partial charge in [-0.15, -0.1) is 0 Å². The normalized spacial score (nSPS) is 22.8. The van der Waals surface area contributed by atoms with Crippen molar-refractivity contribution in [3.63, 3.8) is 0 Å². The second-order valence-electron chi connectivity index (χ2n) is 4.08. The van der Waals surface area contributed by atoms with E-state index in [1.165, 1.54) is 19.3 Å². The van der Waals surface area contributed by atoms with Crippen LogP contribution in [0.15, 0.2) is 0 Å². The number of primary amides is 1. The summed E-state index contributed by atoms with van der Waals surface area (Å²) in [5.41, 5.74) is 4.99. The summed E-state index contributed by atoms with van der Waals surface area (Å²) in [5, 5.41) is 2.73. The molecule has 1 fully saturated rings. The lowest BCUT2D eigenvalue weighted by Crippen LogP contribution is -2.32. The van der Waals surface area contributed by atoms with Gasteiger partial charge in [0.15, 0.2) is 12.2 Å². The van der Waals surface area contributed by atoms with E-state index in [1.54, 1.807) is 0 Å². The summed E-state index contributed by atoms with van der Waals surface area (Å²) in [5.74, 6) is -0.789. The summed E-state index contributed by atoms with van der Waals surface area (Å²) in [6.45, 7) is 2.81. The van der Waals surface area contributed by atoms with E-state index in [-0.39, 0.29) is 5.91 Å². The summed E-state index contributed by atoms with van der Waals surface area (Å²) in [6, 6.07) is 0. The Balaban J connectivity index is 1.98. The first-order valence-electron chi connectivity index (χ1n) is 5.89. The Bertz CT molecular complexity index is 256. The second kappa shape index (κ2) is 6.48. The van der Waals surface area contributed by atoms with Crippen molar-refractivity contribution in [2.45, 2.75) is 51.2 Å². The number of nitrogens with one attached hydrogen (secondary N) is 1. The molecule has 0 spiro atoms. The zero-order valence-electron chi connectivity index (χ0n) is 9.70. The summed E-state index contributed by atoms with van der Waals surface area (Å²) in [4.78, 5) is 22.0. The van der Waals surface area contributed by atoms with Crippen LogP contribution < -0.4 is 11.1 Å². The maximum atomic E-state index is 11.4. The van der Waals surface area contributed by atoms with E-state index in [4.69, 9.17) is 10.5 Å². The molecule has 2 atom stereocenters. The van der Waals surface area contributed by atoms with Gasteiger partial charge >= 0.3 is 0 Å². The van der Waals surface area contributed by atoms with E-state index >= 15 is 0 Å². The summed E-state index contributed by atoms with van der Waals surface area (Å²) in [7, 11) is 0. The maximum absolute atomic E-state index is 11.4. The summed E-state index contributed by atoms with van der Waals surface area (Å²) < 4.78 is 4.85. The fourth-order valence-corrected chi connectivity index (χ4v) is 1.57. The number of unbranched alkanes of at least 4 members (excludes halogenated alkanes) is 4. The Morgan fingerprint density at radius 2 is 1.88 bits per heavy atom. The molecule has 1 aliphatic heterocycles. The standard InChI is InChI=1S/C11H20N2O3/c1-2-3-4-5-6-7-13-11(15)9-8(16-9)10(12)14/h8-9H,2-7H2,1H3,(H2,12,14)(H,13,15). The van der Waals surface area contributed by atoms with E-state index in [2.05, 4.69) is 12.2 Å². The molecule has 5 heteroatoms. The van der Waals surface area contributed by atoms with Gasteiger partial charge in [0, 0.05) is 6.54 Å². The molecule has 0 aromatic carbocycles. The van der Waals surface area contributed by atoms with Gasteiger partial charge in [0.1, 0.15) is 0 Å². The SMILES string of the molecule is CCCCCCCNC(=O)C1OC1C(N)=O. The highest BCUT2D eigenvalue weighted by atomic mass is 16.6. The number of nitrogens with two attached hydrogens (primary N) is 1. The number of carbonyl (C=O) groups is 2. The third-order valence-corrected chi connectivity index (χ3v) is 2.61. The Labute approximate surface area is 95.7 Å². The van der Waals surface area contributed by atoms with Gasteiger partial charge in [-0.3, -0.25) is 9.59 Å². The van der Waals surface area contributed by atoms with Gasteiger partial charge in [-0.05, 0) is 6.42 Å². The van der Waals surface area contributed by atoms with Gasteiger partial charge in [0.05, 0.1) is 0 Å². The number of hydrogen-bond acceptors (Lipinski definition) is 3. The molecule has 2 amide bonds. The first-order valence-corrected chi connectivity index (χ1v) is 5.89. The van der Waals surface area contributed by atoms with Crippen molar-refractivity contribution in [3.05, 3.63) is 0 Å². The average Bonchev–Trinajstić information content (AvgIpc) is 3.02. The van der Waals surface area contributed by atoms with Crippen LogP contribution in [0.2, 0.25) is 0 Å². The van der Waals surface area contributed by atoms with Crippen LogP contribution in [0.25, 0.3) is 0 Å². The topological polar surface area (TPSA) is 84.7 Å². The molecule has 92 valence electrons. The lowest BCUT2D eigenvalue weighted by molar-refractivity contribution is -0.123. The Hall–Kier alpha value is -1.10. The minimum Gasteiger partial charge on any atom is -0.367 e. The Kier molecular flexibility index (Phi) is 5.25. The van der Waals surface area contributed by atoms with Crippen molar-refractivity contribution in [2.24, 2.45) is 5.73 Å². The number of ether oxygens (including phenoxy) is 1. The largest absolute Gasteiger partial charge is 0.367 e. The smallest absolute Gasteiger partial charge is 0.252 e. The predicted octanol–water partition coefficient (Wildman–Crippen LogP) is 0.326. The molecule has 0 radical (unpaired) electrons. The Morgan fingerprint density at radius 1 is 1.19 bits per heavy atom. The molecule has 0 bridgehead atoms. The van der Waals surface area contributed by atoms with Gasteiger partial charge in [-0.25, -0.2) is 0 Å². The van der Waals surface area contributed by atoms with Crippen LogP contribution in [0.1, 0.15) is 39.0 Å². The number of epoxide rings is 1. The minimum atomic E-state index is -0.708. The molecule has 1 aliphatic rings. The zero-order valence-corrected chi connectivity index (χ0v) is 9.70. The fraction of sp³-hybridized carbons (Fsp3) is 0.818. The highest BCUT2D eigenvalue weighted by molar-refractivity contribution is 5.94. The molecule has 16 heavy (non-hydrogen) atoms. The van der Waals surface area contributed by atoms with Crippen molar-refractivity contribution < 1.29 is 14.3 Å². The lowest BCUT2D eigenvalue weighted by Gasteiger charge is -2.02. The number of hydrogen-bond donors (Lipinski definition) is 2. The molecule has 1 saturated heterocycles. The molecule has 2 unspecified atom stereocenters. The molecule has 0 aromatic rings. The van der Waals surface area contributed by atoms with Gasteiger partial charge in [0.2, 0.25) is 5.91 Å². The fourth-order valence-electron chi connectivity index (χ4n) is 1.57. The van der Waals surface area contributed by atoms with Crippen molar-refractivity contribution in [1.29, 1.82) is 0 Å². The monoisotopic (exact) mass is 228 g/mol. The van der Waals surface area contributed by atoms with Crippen molar-refractivity contribution >= 4 is 11.8 Å². The van der Waals surface area contributed by atoms with Gasteiger partial charge in [-0.2, -0.15) is 0 Å². The quantitative estimate of drug-likeness (QED) is 0.463. The molecule has 1 rings (SSSR count). The molecule has 1 heterocycles. The van der Waals surface area contributed by atoms with Crippen LogP contribution >= 0.6 is 0 Å². The van der Waals surface area contributed by atoms with Crippen LogP contribution in [0.5, 0.6) is 0 Å². The molecule has 0 aromatic heterocycles. The first kappa shape index (κ1) is 13.0. The first-order chi connectivity index (χ1) is 7.66. The van der Waals surface area contributed by atoms with Crippen molar-refractivity contribution in [3.8, 4) is 0 Å². The number of carbonyl (C=O) groups excluding carboxylic acids is 2. The second-order valence-corrected chi connectivity index (χ2v) is 4.08. The zero-order chi connectivity index (χ0) is 12.0. The number of amides is 2. The average molecular weight is 228 g/mol. The van der Waals surface area contributed by atoms with Crippen LogP contribution in [0, 0.1) is 0 Å². The van der Waals surface area contributed by atoms with E-state index in [1.807, 2.05) is 0 Å². The third kappa shape index (κ3) is 4.18. The minimum absolute atomic E-state index is 0.223. The highest BCUT2D eigenvalue weighted by Crippen LogP contribution is 2.21. The number of rotatable bonds is 8. The van der Waals surface area contributed by atoms with E-state index in [9.17, 15) is 9.59 Å². The predicted molar refractivity (Wildman–Crippen MR) is 59.6 cm³/mol. The molecule has 0 aliphatic carbocycles. The van der Waals surface area contributed by atoms with Gasteiger partial charge in [-0.1, -0.05) is 32.6 Å². The van der Waals surface area contributed by atoms with E-state index in [0.29, 0.717) is 6.54 Å². The molecular weight excluding hydrogens is 208 g/mol. The van der Waals surface area contributed by atoms with Gasteiger partial charge in [0.25, 0.3) is 5.91 Å². The summed E-state index contributed by atoms with van der Waals surface area (Å²) >= 11 is 0. The van der Waals surface area contributed by atoms with Crippen molar-refractivity contribution in [2.75, 3.05) is 6.54 Å². The van der Waals surface area contributed by atoms with Crippen molar-refractivity contribution in [1.82, 2.24) is 5.32 Å². The van der Waals surface area contributed by atoms with Gasteiger partial charge < -0.3 is 15.8 Å². The van der Waals surface area contributed by atoms with Crippen LogP contribution in [0.4, 0.5) is 0 Å². The van der Waals surface area contributed by atoms with Crippen LogP contribution in [-0.4, -0.2) is 30.6 Å².